The summed E-state index contributed by atoms with van der Waals surface area (Å²) in [5.41, 5.74) is 0.497. The number of hydrogen-bond donors (Lipinski definition) is 3. The van der Waals surface area contributed by atoms with E-state index in [-0.39, 0.29) is 30.7 Å². The Bertz CT molecular complexity index is 982. The van der Waals surface area contributed by atoms with Gasteiger partial charge >= 0.3 is 5.97 Å². The minimum atomic E-state index is -0.855. The van der Waals surface area contributed by atoms with Crippen molar-refractivity contribution < 1.29 is 23.9 Å². The van der Waals surface area contributed by atoms with Crippen molar-refractivity contribution in [2.24, 2.45) is 11.8 Å². The molecule has 0 saturated carbocycles. The second-order valence-electron chi connectivity index (χ2n) is 9.48. The van der Waals surface area contributed by atoms with E-state index in [9.17, 15) is 19.2 Å². The van der Waals surface area contributed by atoms with Gasteiger partial charge in [-0.3, -0.25) is 19.2 Å². The van der Waals surface area contributed by atoms with Gasteiger partial charge in [0.1, 0.15) is 30.4 Å². The molecule has 0 radical (unpaired) electrons. The molecule has 4 bridgehead atoms. The van der Waals surface area contributed by atoms with Crippen LogP contribution < -0.4 is 16.0 Å². The fourth-order valence-corrected chi connectivity index (χ4v) is 5.95. The molecule has 2 aliphatic rings. The molecular weight excluding hydrogens is 504 g/mol. The first-order chi connectivity index (χ1) is 17.1. The largest absolute Gasteiger partial charge is 0.456 e. The predicted molar refractivity (Wildman–Crippen MR) is 138 cm³/mol. The number of aromatic nitrogens is 3. The number of allylic oxidation sites excluding steroid dienone is 1. The van der Waals surface area contributed by atoms with Crippen LogP contribution in [0.1, 0.15) is 52.3 Å². The first-order valence-corrected chi connectivity index (χ1v) is 14.5. The number of hydrogen-bond acceptors (Lipinski definition) is 9. The molecular formula is C23H34N6O5S2. The molecule has 4 atom stereocenters. The Balaban J connectivity index is 2.02. The van der Waals surface area contributed by atoms with E-state index in [1.807, 2.05) is 33.8 Å². The maximum absolute atomic E-state index is 13.4. The Morgan fingerprint density at radius 1 is 1.00 bits per heavy atom. The third kappa shape index (κ3) is 7.99. The third-order valence-electron chi connectivity index (χ3n) is 5.74. The van der Waals surface area contributed by atoms with Crippen LogP contribution in [0.2, 0.25) is 0 Å². The molecule has 1 aromatic rings. The van der Waals surface area contributed by atoms with E-state index in [1.165, 1.54) is 15.5 Å². The second kappa shape index (κ2) is 13.1. The topological polar surface area (TPSA) is 144 Å². The van der Waals surface area contributed by atoms with Crippen molar-refractivity contribution >= 4 is 45.3 Å². The Morgan fingerprint density at radius 2 is 1.75 bits per heavy atom. The van der Waals surface area contributed by atoms with Crippen LogP contribution in [0.5, 0.6) is 0 Å². The summed E-state index contributed by atoms with van der Waals surface area (Å²) in [5, 5.41) is 16.8. The van der Waals surface area contributed by atoms with Crippen LogP contribution in [0.15, 0.2) is 18.3 Å². The van der Waals surface area contributed by atoms with Crippen LogP contribution in [-0.4, -0.2) is 68.4 Å². The smallest absolute Gasteiger partial charge is 0.328 e. The number of carbonyl (C=O) groups is 4. The van der Waals surface area contributed by atoms with Crippen molar-refractivity contribution in [1.82, 2.24) is 30.9 Å². The molecule has 0 unspecified atom stereocenters. The van der Waals surface area contributed by atoms with Gasteiger partial charge in [0, 0.05) is 11.5 Å². The van der Waals surface area contributed by atoms with Gasteiger partial charge in [-0.2, -0.15) is 0 Å². The number of nitrogens with one attached hydrogen (secondary N) is 3. The molecule has 0 saturated heterocycles. The Kier molecular flexibility index (Phi) is 10.2. The van der Waals surface area contributed by atoms with Gasteiger partial charge in [0.2, 0.25) is 17.7 Å². The van der Waals surface area contributed by atoms with Gasteiger partial charge in [0.05, 0.1) is 18.7 Å². The van der Waals surface area contributed by atoms with Crippen molar-refractivity contribution in [3.63, 3.8) is 0 Å². The number of amides is 3. The quantitative estimate of drug-likeness (QED) is 0.289. The normalized spacial score (nSPS) is 27.9. The van der Waals surface area contributed by atoms with Gasteiger partial charge in [-0.15, -0.1) is 5.10 Å². The lowest BCUT2D eigenvalue weighted by molar-refractivity contribution is -0.149. The van der Waals surface area contributed by atoms with E-state index in [4.69, 9.17) is 4.74 Å². The summed E-state index contributed by atoms with van der Waals surface area (Å²) in [7, 11) is 3.07. The van der Waals surface area contributed by atoms with Crippen molar-refractivity contribution in [1.29, 1.82) is 0 Å². The molecule has 36 heavy (non-hydrogen) atoms. The molecule has 0 fully saturated rings. The number of carbonyl (C=O) groups excluding carboxylic acids is 4. The van der Waals surface area contributed by atoms with E-state index in [0.29, 0.717) is 17.9 Å². The predicted octanol–water partition coefficient (Wildman–Crippen LogP) is 1.37. The molecule has 3 rings (SSSR count). The standard InChI is InChI=1S/C23H34N6O5S2/c1-13(2)20-16-10-29(28-27-16)11-19(31)34-15-7-5-6-8-35-36-12-17(22(32)26-20)24-23(33)21(14(3)4)25-18(30)9-15/h5,7,10,13-15,17,20-21H,6,8-9,11-12H2,1-4H3,(H,24,33)(H,25,30)(H,26,32)/b7-5+/t15-,17-,20-,21-/m1/s1. The van der Waals surface area contributed by atoms with E-state index in [2.05, 4.69) is 26.3 Å². The molecule has 1 aromatic heterocycles. The molecule has 198 valence electrons. The van der Waals surface area contributed by atoms with Crippen molar-refractivity contribution in [2.75, 3.05) is 11.5 Å². The maximum Gasteiger partial charge on any atom is 0.328 e. The summed E-state index contributed by atoms with van der Waals surface area (Å²) in [5.74, 6) is -0.974. The zero-order valence-electron chi connectivity index (χ0n) is 20.9. The molecule has 3 heterocycles. The van der Waals surface area contributed by atoms with Gasteiger partial charge in [-0.25, -0.2) is 4.68 Å². The molecule has 13 heteroatoms. The number of nitrogens with zero attached hydrogens (tertiary/aromatic N) is 3. The highest BCUT2D eigenvalue weighted by Crippen LogP contribution is 2.25. The van der Waals surface area contributed by atoms with E-state index >= 15 is 0 Å². The minimum Gasteiger partial charge on any atom is -0.456 e. The number of fused-ring (bicyclic) bond motifs is 9. The Hall–Kier alpha value is -2.54. The summed E-state index contributed by atoms with van der Waals surface area (Å²) < 4.78 is 6.93. The van der Waals surface area contributed by atoms with Crippen molar-refractivity contribution in [2.45, 2.75) is 71.3 Å². The molecule has 0 spiro atoms. The number of esters is 1. The Morgan fingerprint density at radius 3 is 2.47 bits per heavy atom. The summed E-state index contributed by atoms with van der Waals surface area (Å²) in [6.07, 6.45) is 4.92. The summed E-state index contributed by atoms with van der Waals surface area (Å²) in [6.45, 7) is 7.31. The third-order valence-corrected chi connectivity index (χ3v) is 8.18. The molecule has 2 aliphatic heterocycles. The number of ether oxygens (including phenoxy) is 1. The van der Waals surface area contributed by atoms with Crippen molar-refractivity contribution in [3.05, 3.63) is 24.0 Å². The molecule has 3 N–H and O–H groups in total. The van der Waals surface area contributed by atoms with Crippen LogP contribution in [0.25, 0.3) is 0 Å². The number of rotatable bonds is 2. The fourth-order valence-electron chi connectivity index (χ4n) is 3.79. The van der Waals surface area contributed by atoms with E-state index in [0.717, 1.165) is 5.75 Å². The fraction of sp³-hybridized carbons (Fsp3) is 0.652. The highest BCUT2D eigenvalue weighted by atomic mass is 33.1. The SMILES string of the molecule is CC(C)[C@H]1NC(=O)C[C@H]2/C=C/CCSSC[C@@H](NC1=O)C(=O)N[C@H](C(C)C)c1cn(nn1)CC(=O)O2. The minimum absolute atomic E-state index is 0.0330. The zero-order valence-corrected chi connectivity index (χ0v) is 22.6. The summed E-state index contributed by atoms with van der Waals surface area (Å²) in [4.78, 5) is 52.1. The van der Waals surface area contributed by atoms with E-state index in [1.54, 1.807) is 23.1 Å². The Labute approximate surface area is 218 Å². The van der Waals surface area contributed by atoms with E-state index < -0.39 is 42.0 Å². The first-order valence-electron chi connectivity index (χ1n) is 12.0. The van der Waals surface area contributed by atoms with Gasteiger partial charge in [-0.05, 0) is 24.3 Å². The monoisotopic (exact) mass is 538 g/mol. The average molecular weight is 539 g/mol. The highest BCUT2D eigenvalue weighted by molar-refractivity contribution is 8.76. The lowest BCUT2D eigenvalue weighted by atomic mass is 10.0. The van der Waals surface area contributed by atoms with Crippen LogP contribution in [0.3, 0.4) is 0 Å². The molecule has 0 aliphatic carbocycles. The second-order valence-corrected chi connectivity index (χ2v) is 12.1. The zero-order chi connectivity index (χ0) is 26.2. The molecule has 0 aromatic carbocycles. The maximum atomic E-state index is 13.4. The first kappa shape index (κ1) is 28.0. The lowest BCUT2D eigenvalue weighted by Gasteiger charge is -2.27. The summed E-state index contributed by atoms with van der Waals surface area (Å²) >= 11 is 0. The van der Waals surface area contributed by atoms with Crippen molar-refractivity contribution in [3.8, 4) is 0 Å². The highest BCUT2D eigenvalue weighted by Gasteiger charge is 2.32. The average Bonchev–Trinajstić information content (AvgIpc) is 3.25. The molecule has 11 nitrogen and oxygen atoms in total. The van der Waals surface area contributed by atoms with Gasteiger partial charge in [0.15, 0.2) is 0 Å². The van der Waals surface area contributed by atoms with Crippen LogP contribution in [-0.2, 0) is 30.5 Å². The van der Waals surface area contributed by atoms with Gasteiger partial charge < -0.3 is 20.7 Å². The summed E-state index contributed by atoms with van der Waals surface area (Å²) in [6, 6.07) is -2.16. The van der Waals surface area contributed by atoms with Gasteiger partial charge in [0.25, 0.3) is 0 Å². The molecule has 3 amide bonds. The van der Waals surface area contributed by atoms with Crippen LogP contribution in [0, 0.1) is 11.8 Å². The van der Waals surface area contributed by atoms with Gasteiger partial charge in [-0.1, -0.05) is 60.6 Å². The van der Waals surface area contributed by atoms with Crippen LogP contribution >= 0.6 is 21.6 Å². The lowest BCUT2D eigenvalue weighted by Crippen LogP contribution is -2.56. The van der Waals surface area contributed by atoms with Crippen LogP contribution in [0.4, 0.5) is 0 Å².